The van der Waals surface area contributed by atoms with Crippen LogP contribution in [-0.4, -0.2) is 4.57 Å². The van der Waals surface area contributed by atoms with E-state index in [1.54, 1.807) is 0 Å². The van der Waals surface area contributed by atoms with Crippen LogP contribution in [0.2, 0.25) is 0 Å². The summed E-state index contributed by atoms with van der Waals surface area (Å²) in [5.74, 6) is 0. The van der Waals surface area contributed by atoms with E-state index >= 15 is 0 Å². The fourth-order valence-corrected chi connectivity index (χ4v) is 2.17. The van der Waals surface area contributed by atoms with Crippen molar-refractivity contribution < 1.29 is 0 Å². The van der Waals surface area contributed by atoms with E-state index in [9.17, 15) is 0 Å². The highest BCUT2D eigenvalue weighted by Crippen LogP contribution is 2.06. The molecule has 1 aromatic heterocycles. The lowest BCUT2D eigenvalue weighted by Gasteiger charge is -1.94. The van der Waals surface area contributed by atoms with Crippen LogP contribution in [0.1, 0.15) is 33.6 Å². The molecule has 0 bridgehead atoms. The zero-order valence-electron chi connectivity index (χ0n) is 12.6. The van der Waals surface area contributed by atoms with Crippen molar-refractivity contribution in [2.45, 2.75) is 33.6 Å². The lowest BCUT2D eigenvalue weighted by Crippen LogP contribution is -2.27. The molecule has 2 rings (SSSR count). The molecule has 0 spiro atoms. The molecule has 0 N–H and O–H groups in total. The third kappa shape index (κ3) is 3.37. The Morgan fingerprint density at radius 1 is 1.16 bits per heavy atom. The zero-order chi connectivity index (χ0) is 14.3. The number of fused-ring (bicyclic) bond motifs is 1. The number of aryl methyl sites for hydroxylation is 1. The third-order valence-electron chi connectivity index (χ3n) is 2.88. The highest BCUT2D eigenvalue weighted by Gasteiger charge is 2.01. The van der Waals surface area contributed by atoms with Crippen molar-refractivity contribution in [3.63, 3.8) is 0 Å². The van der Waals surface area contributed by atoms with Crippen molar-refractivity contribution in [2.75, 3.05) is 0 Å². The predicted octanol–water partition coefficient (Wildman–Crippen LogP) is 3.75. The van der Waals surface area contributed by atoms with Crippen molar-refractivity contribution in [2.24, 2.45) is 7.05 Å². The molecule has 0 saturated carbocycles. The van der Waals surface area contributed by atoms with Gasteiger partial charge in [-0.2, -0.15) is 0 Å². The number of rotatable bonds is 2. The predicted molar refractivity (Wildman–Crippen MR) is 87.6 cm³/mol. The summed E-state index contributed by atoms with van der Waals surface area (Å²) in [5.41, 5.74) is 1.27. The van der Waals surface area contributed by atoms with Crippen molar-refractivity contribution in [1.82, 2.24) is 4.57 Å². The average molecular weight is 255 g/mol. The van der Waals surface area contributed by atoms with Gasteiger partial charge in [0.2, 0.25) is 0 Å². The van der Waals surface area contributed by atoms with E-state index in [1.807, 2.05) is 6.08 Å². The highest BCUT2D eigenvalue weighted by molar-refractivity contribution is 5.82. The molecular weight excluding hydrogens is 230 g/mol. The van der Waals surface area contributed by atoms with Crippen molar-refractivity contribution in [3.8, 4) is 0 Å². The van der Waals surface area contributed by atoms with Gasteiger partial charge in [-0.15, -0.1) is 0 Å². The molecule has 0 fully saturated rings. The third-order valence-corrected chi connectivity index (χ3v) is 2.88. The van der Waals surface area contributed by atoms with Gasteiger partial charge in [0.1, 0.15) is 0 Å². The van der Waals surface area contributed by atoms with E-state index in [0.29, 0.717) is 0 Å². The number of allylic oxidation sites excluding steroid dienone is 1. The Labute approximate surface area is 116 Å². The Hall–Kier alpha value is -1.76. The van der Waals surface area contributed by atoms with E-state index in [1.165, 1.54) is 27.9 Å². The summed E-state index contributed by atoms with van der Waals surface area (Å²) in [7, 11) is 2.10. The number of hydrogen-bond acceptors (Lipinski definition) is 0. The molecule has 1 aromatic carbocycles. The lowest BCUT2D eigenvalue weighted by molar-refractivity contribution is 0.925. The molecule has 1 heteroatoms. The number of hydrogen-bond donors (Lipinski definition) is 0. The van der Waals surface area contributed by atoms with Gasteiger partial charge in [0.15, 0.2) is 0 Å². The molecule has 0 atom stereocenters. The Bertz CT molecular complexity index is 644. The maximum atomic E-state index is 3.79. The maximum Gasteiger partial charge on any atom is 0.0488 e. The molecule has 102 valence electrons. The van der Waals surface area contributed by atoms with Crippen LogP contribution < -0.4 is 10.6 Å². The van der Waals surface area contributed by atoms with Gasteiger partial charge < -0.3 is 4.57 Å². The molecule has 1 nitrogen and oxygen atoms in total. The minimum Gasteiger partial charge on any atom is -0.344 e. The molecule has 0 aliphatic carbocycles. The molecular formula is C18H25N. The lowest BCUT2D eigenvalue weighted by atomic mass is 10.2. The largest absolute Gasteiger partial charge is 0.344 e. The number of benzene rings is 1. The first-order valence-corrected chi connectivity index (χ1v) is 7.07. The van der Waals surface area contributed by atoms with Crippen LogP contribution in [0.15, 0.2) is 36.9 Å². The summed E-state index contributed by atoms with van der Waals surface area (Å²) in [6.07, 6.45) is 8.49. The first-order chi connectivity index (χ1) is 9.21. The summed E-state index contributed by atoms with van der Waals surface area (Å²) in [6.45, 7) is 10.2. The molecule has 2 aromatic rings. The molecule has 19 heavy (non-hydrogen) atoms. The van der Waals surface area contributed by atoms with Crippen molar-refractivity contribution in [1.29, 1.82) is 0 Å². The summed E-state index contributed by atoms with van der Waals surface area (Å²) < 4.78 is 2.22. The number of nitrogens with zero attached hydrogens (tertiary/aromatic N) is 1. The monoisotopic (exact) mass is 255 g/mol. The Morgan fingerprint density at radius 2 is 1.79 bits per heavy atom. The van der Waals surface area contributed by atoms with E-state index in [2.05, 4.69) is 75.4 Å². The van der Waals surface area contributed by atoms with Gasteiger partial charge in [0.25, 0.3) is 0 Å². The summed E-state index contributed by atoms with van der Waals surface area (Å²) in [4.78, 5) is 0. The Morgan fingerprint density at radius 3 is 2.37 bits per heavy atom. The molecule has 1 heterocycles. The SMILES string of the molecule is C=C/C=c1\c(=C/CC)c2ccccc2n1C.CCC. The molecule has 0 amide bonds. The smallest absolute Gasteiger partial charge is 0.0488 e. The second kappa shape index (κ2) is 7.63. The van der Waals surface area contributed by atoms with E-state index in [-0.39, 0.29) is 0 Å². The second-order valence-electron chi connectivity index (χ2n) is 4.60. The fourth-order valence-electron chi connectivity index (χ4n) is 2.17. The van der Waals surface area contributed by atoms with Crippen LogP contribution in [0, 0.1) is 0 Å². The van der Waals surface area contributed by atoms with Crippen molar-refractivity contribution >= 4 is 23.1 Å². The van der Waals surface area contributed by atoms with Crippen LogP contribution in [0.4, 0.5) is 0 Å². The minimum absolute atomic E-state index is 1.05. The quantitative estimate of drug-likeness (QED) is 0.770. The number of para-hydroxylation sites is 1. The van der Waals surface area contributed by atoms with Crippen molar-refractivity contribution in [3.05, 3.63) is 47.5 Å². The summed E-state index contributed by atoms with van der Waals surface area (Å²) >= 11 is 0. The minimum atomic E-state index is 1.05. The standard InChI is InChI=1S/C15H17N.C3H8/c1-4-8-12-13-10-6-7-11-15(13)16(3)14(12)9-5-2;1-3-2/h5-11H,2,4H2,1,3H3;3H2,1-2H3/b12-8-,14-9+;. The van der Waals surface area contributed by atoms with Gasteiger partial charge in [-0.25, -0.2) is 0 Å². The van der Waals surface area contributed by atoms with Crippen LogP contribution in [0.3, 0.4) is 0 Å². The van der Waals surface area contributed by atoms with E-state index in [4.69, 9.17) is 0 Å². The maximum absolute atomic E-state index is 3.79. The summed E-state index contributed by atoms with van der Waals surface area (Å²) in [5, 5.41) is 3.87. The van der Waals surface area contributed by atoms with Crippen LogP contribution in [0.5, 0.6) is 0 Å². The first kappa shape index (κ1) is 15.3. The normalized spacial score (nSPS) is 12.4. The van der Waals surface area contributed by atoms with Gasteiger partial charge in [-0.3, -0.25) is 0 Å². The van der Waals surface area contributed by atoms with Crippen LogP contribution >= 0.6 is 0 Å². The van der Waals surface area contributed by atoms with Gasteiger partial charge in [0.05, 0.1) is 0 Å². The van der Waals surface area contributed by atoms with E-state index < -0.39 is 0 Å². The number of aromatic nitrogens is 1. The molecule has 0 aliphatic rings. The molecule has 0 saturated heterocycles. The fraction of sp³-hybridized carbons (Fsp3) is 0.333. The Balaban J connectivity index is 0.000000550. The van der Waals surface area contributed by atoms with Gasteiger partial charge in [-0.1, -0.05) is 64.1 Å². The van der Waals surface area contributed by atoms with Gasteiger partial charge in [-0.05, 0) is 18.6 Å². The van der Waals surface area contributed by atoms with Crippen LogP contribution in [0.25, 0.3) is 23.1 Å². The van der Waals surface area contributed by atoms with Crippen LogP contribution in [-0.2, 0) is 7.05 Å². The second-order valence-corrected chi connectivity index (χ2v) is 4.60. The van der Waals surface area contributed by atoms with Gasteiger partial charge >= 0.3 is 0 Å². The average Bonchev–Trinajstić information content (AvgIpc) is 2.67. The first-order valence-electron chi connectivity index (χ1n) is 7.07. The topological polar surface area (TPSA) is 4.93 Å². The molecule has 0 unspecified atom stereocenters. The molecule has 0 aliphatic heterocycles. The molecule has 0 radical (unpaired) electrons. The zero-order valence-corrected chi connectivity index (χ0v) is 12.6. The van der Waals surface area contributed by atoms with E-state index in [0.717, 1.165) is 6.42 Å². The highest BCUT2D eigenvalue weighted by atomic mass is 14.9. The Kier molecular flexibility index (Phi) is 6.14. The summed E-state index contributed by atoms with van der Waals surface area (Å²) in [6, 6.07) is 8.50. The van der Waals surface area contributed by atoms with Gasteiger partial charge in [0, 0.05) is 28.5 Å².